The molecule has 0 spiro atoms. The summed E-state index contributed by atoms with van der Waals surface area (Å²) < 4.78 is 10.4. The van der Waals surface area contributed by atoms with Gasteiger partial charge in [-0.15, -0.1) is 0 Å². The lowest BCUT2D eigenvalue weighted by atomic mass is 10.1. The van der Waals surface area contributed by atoms with Crippen molar-refractivity contribution in [3.63, 3.8) is 0 Å². The van der Waals surface area contributed by atoms with Crippen LogP contribution in [0.15, 0.2) is 52.8 Å². The smallest absolute Gasteiger partial charge is 0.337 e. The number of aromatic amines is 1. The zero-order valence-electron chi connectivity index (χ0n) is 15.2. The summed E-state index contributed by atoms with van der Waals surface area (Å²) in [4.78, 5) is 31.2. The molecular weight excluding hydrogens is 415 g/mol. The summed E-state index contributed by atoms with van der Waals surface area (Å²) in [6.45, 7) is 0.315. The largest absolute Gasteiger partial charge is 0.488 e. The predicted octanol–water partition coefficient (Wildman–Crippen LogP) is 4.42. The van der Waals surface area contributed by atoms with Crippen molar-refractivity contribution in [2.75, 3.05) is 13.7 Å². The van der Waals surface area contributed by atoms with Crippen molar-refractivity contribution in [1.82, 2.24) is 9.97 Å². The van der Waals surface area contributed by atoms with Crippen LogP contribution >= 0.6 is 23.2 Å². The van der Waals surface area contributed by atoms with Crippen molar-refractivity contribution < 1.29 is 14.3 Å². The Labute approximate surface area is 175 Å². The molecule has 1 aliphatic rings. The number of carbonyl (C=O) groups excluding carboxylic acids is 1. The number of fused-ring (bicyclic) bond motifs is 2. The fraction of sp³-hybridized carbons (Fsp3) is 0.0952. The number of benzene rings is 2. The Morgan fingerprint density at radius 3 is 2.90 bits per heavy atom. The molecule has 0 bridgehead atoms. The summed E-state index contributed by atoms with van der Waals surface area (Å²) in [5, 5.41) is 1.17. The van der Waals surface area contributed by atoms with Gasteiger partial charge in [0, 0.05) is 10.6 Å². The van der Waals surface area contributed by atoms with Gasteiger partial charge in [0.1, 0.15) is 12.4 Å². The topological polar surface area (TPSA) is 81.3 Å². The molecule has 0 radical (unpaired) electrons. The molecule has 0 unspecified atom stereocenters. The van der Waals surface area contributed by atoms with Crippen molar-refractivity contribution >= 4 is 51.2 Å². The van der Waals surface area contributed by atoms with E-state index in [1.807, 2.05) is 6.08 Å². The predicted molar refractivity (Wildman–Crippen MR) is 112 cm³/mol. The second kappa shape index (κ2) is 7.73. The van der Waals surface area contributed by atoms with Crippen LogP contribution in [0.4, 0.5) is 0 Å². The van der Waals surface area contributed by atoms with Crippen molar-refractivity contribution in [3.8, 4) is 5.75 Å². The zero-order valence-corrected chi connectivity index (χ0v) is 16.7. The SMILES string of the molecule is COC(=O)c1ccc2c(=O)[nH]c(/C(Cl)=C/C3=Cc4cc(Cl)ccc4OC3)nc2c1. The first kappa shape index (κ1) is 19.2. The van der Waals surface area contributed by atoms with Crippen LogP contribution in [0.25, 0.3) is 22.0 Å². The summed E-state index contributed by atoms with van der Waals surface area (Å²) in [5.41, 5.74) is 1.89. The van der Waals surface area contributed by atoms with Crippen LogP contribution in [0.2, 0.25) is 5.02 Å². The minimum absolute atomic E-state index is 0.184. The van der Waals surface area contributed by atoms with Crippen molar-refractivity contribution in [1.29, 1.82) is 0 Å². The third-order valence-electron chi connectivity index (χ3n) is 4.37. The lowest BCUT2D eigenvalue weighted by Gasteiger charge is -2.16. The number of halogens is 2. The number of ether oxygens (including phenoxy) is 2. The minimum atomic E-state index is -0.515. The molecule has 2 aromatic carbocycles. The van der Waals surface area contributed by atoms with Crippen LogP contribution in [0.1, 0.15) is 21.7 Å². The minimum Gasteiger partial charge on any atom is -0.488 e. The summed E-state index contributed by atoms with van der Waals surface area (Å²) in [5.74, 6) is 0.401. The van der Waals surface area contributed by atoms with Crippen molar-refractivity contribution in [3.05, 3.63) is 80.4 Å². The Morgan fingerprint density at radius 1 is 1.28 bits per heavy atom. The first-order valence-corrected chi connectivity index (χ1v) is 9.33. The fourth-order valence-corrected chi connectivity index (χ4v) is 3.39. The summed E-state index contributed by atoms with van der Waals surface area (Å²) in [6.07, 6.45) is 3.57. The van der Waals surface area contributed by atoms with Crippen LogP contribution < -0.4 is 10.3 Å². The van der Waals surface area contributed by atoms with E-state index in [2.05, 4.69) is 9.97 Å². The van der Waals surface area contributed by atoms with Crippen LogP contribution in [0, 0.1) is 0 Å². The van der Waals surface area contributed by atoms with E-state index >= 15 is 0 Å². The standard InChI is InChI=1S/C21H14Cl2N2O4/c1-28-21(27)12-2-4-15-17(9-12)24-19(25-20(15)26)16(23)7-11-6-13-8-14(22)3-5-18(13)29-10-11/h2-9H,10H2,1H3,(H,24,25,26)/b16-7-. The van der Waals surface area contributed by atoms with Gasteiger partial charge in [-0.1, -0.05) is 23.2 Å². The molecular formula is C21H14Cl2N2O4. The Kier molecular flexibility index (Phi) is 5.13. The molecule has 1 aromatic heterocycles. The van der Waals surface area contributed by atoms with E-state index in [4.69, 9.17) is 32.7 Å². The molecule has 4 rings (SSSR count). The first-order valence-electron chi connectivity index (χ1n) is 8.57. The lowest BCUT2D eigenvalue weighted by molar-refractivity contribution is 0.0601. The molecule has 0 saturated heterocycles. The molecule has 8 heteroatoms. The van der Waals surface area contributed by atoms with E-state index in [0.29, 0.717) is 28.1 Å². The van der Waals surface area contributed by atoms with E-state index in [0.717, 1.165) is 16.9 Å². The Balaban J connectivity index is 1.74. The van der Waals surface area contributed by atoms with Crippen molar-refractivity contribution in [2.45, 2.75) is 0 Å². The molecule has 0 atom stereocenters. The fourth-order valence-electron chi connectivity index (χ4n) is 2.98. The average Bonchev–Trinajstić information content (AvgIpc) is 2.72. The first-order chi connectivity index (χ1) is 13.9. The number of rotatable bonds is 3. The maximum absolute atomic E-state index is 12.4. The highest BCUT2D eigenvalue weighted by atomic mass is 35.5. The second-order valence-electron chi connectivity index (χ2n) is 6.32. The van der Waals surface area contributed by atoms with Gasteiger partial charge in [-0.2, -0.15) is 0 Å². The number of hydrogen-bond donors (Lipinski definition) is 1. The molecule has 0 saturated carbocycles. The molecule has 0 fully saturated rings. The molecule has 1 aliphatic heterocycles. The number of methoxy groups -OCH3 is 1. The monoisotopic (exact) mass is 428 g/mol. The summed E-state index contributed by atoms with van der Waals surface area (Å²) in [6, 6.07) is 9.88. The zero-order chi connectivity index (χ0) is 20.5. The van der Waals surface area contributed by atoms with E-state index in [1.165, 1.54) is 25.3 Å². The number of carbonyl (C=O) groups is 1. The maximum atomic E-state index is 12.4. The van der Waals surface area contributed by atoms with Crippen LogP contribution in [-0.2, 0) is 4.74 Å². The molecule has 3 aromatic rings. The summed E-state index contributed by atoms with van der Waals surface area (Å²) in [7, 11) is 1.29. The molecule has 146 valence electrons. The number of nitrogens with zero attached hydrogens (tertiary/aromatic N) is 1. The van der Waals surface area contributed by atoms with Gasteiger partial charge in [-0.05, 0) is 54.1 Å². The van der Waals surface area contributed by atoms with E-state index < -0.39 is 5.97 Å². The summed E-state index contributed by atoms with van der Waals surface area (Å²) >= 11 is 12.4. The third kappa shape index (κ3) is 3.90. The Morgan fingerprint density at radius 2 is 2.10 bits per heavy atom. The van der Waals surface area contributed by atoms with Gasteiger partial charge in [0.15, 0.2) is 5.82 Å². The maximum Gasteiger partial charge on any atom is 0.337 e. The van der Waals surface area contributed by atoms with Gasteiger partial charge in [-0.3, -0.25) is 4.79 Å². The number of esters is 1. The number of nitrogens with one attached hydrogen (secondary N) is 1. The average molecular weight is 429 g/mol. The van der Waals surface area contributed by atoms with Crippen LogP contribution in [0.3, 0.4) is 0 Å². The van der Waals surface area contributed by atoms with Gasteiger partial charge in [0.25, 0.3) is 5.56 Å². The molecule has 2 heterocycles. The van der Waals surface area contributed by atoms with Crippen molar-refractivity contribution in [2.24, 2.45) is 0 Å². The van der Waals surface area contributed by atoms with Crippen LogP contribution in [0.5, 0.6) is 5.75 Å². The van der Waals surface area contributed by atoms with Gasteiger partial charge >= 0.3 is 5.97 Å². The quantitative estimate of drug-likeness (QED) is 0.624. The lowest BCUT2D eigenvalue weighted by Crippen LogP contribution is -2.12. The third-order valence-corrected chi connectivity index (χ3v) is 4.90. The highest BCUT2D eigenvalue weighted by Crippen LogP contribution is 2.30. The molecule has 6 nitrogen and oxygen atoms in total. The molecule has 0 amide bonds. The number of aromatic nitrogens is 2. The highest BCUT2D eigenvalue weighted by Gasteiger charge is 2.14. The number of H-pyrrole nitrogens is 1. The normalized spacial score (nSPS) is 13.5. The van der Waals surface area contributed by atoms with Gasteiger partial charge in [0.05, 0.1) is 28.6 Å². The number of hydrogen-bond acceptors (Lipinski definition) is 5. The van der Waals surface area contributed by atoms with Gasteiger partial charge in [-0.25, -0.2) is 9.78 Å². The van der Waals surface area contributed by atoms with Crippen LogP contribution in [-0.4, -0.2) is 29.7 Å². The van der Waals surface area contributed by atoms with E-state index in [-0.39, 0.29) is 16.4 Å². The molecule has 0 aliphatic carbocycles. The Bertz CT molecular complexity index is 1260. The highest BCUT2D eigenvalue weighted by molar-refractivity contribution is 6.48. The Hall–Kier alpha value is -3.09. The van der Waals surface area contributed by atoms with E-state index in [1.54, 1.807) is 24.3 Å². The van der Waals surface area contributed by atoms with Gasteiger partial charge < -0.3 is 14.5 Å². The molecule has 1 N–H and O–H groups in total. The van der Waals surface area contributed by atoms with E-state index in [9.17, 15) is 9.59 Å². The molecule has 29 heavy (non-hydrogen) atoms. The van der Waals surface area contributed by atoms with Gasteiger partial charge in [0.2, 0.25) is 0 Å². The second-order valence-corrected chi connectivity index (χ2v) is 7.16.